The molecule has 2 aromatic carbocycles. The van der Waals surface area contributed by atoms with Crippen molar-refractivity contribution in [3.8, 4) is 0 Å². The Morgan fingerprint density at radius 3 is 1.88 bits per heavy atom. The lowest BCUT2D eigenvalue weighted by Crippen LogP contribution is -2.56. The zero-order valence-electron chi connectivity index (χ0n) is 48.4. The van der Waals surface area contributed by atoms with Gasteiger partial charge in [0.15, 0.2) is 5.78 Å². The minimum Gasteiger partial charge on any atom is -0.379 e. The molecular weight excluding hydrogens is 951 g/mol. The molecule has 6 amide bonds. The van der Waals surface area contributed by atoms with Gasteiger partial charge in [-0.1, -0.05) is 150 Å². The molecule has 0 aromatic heterocycles. The van der Waals surface area contributed by atoms with E-state index in [1.807, 2.05) is 128 Å². The molecule has 1 heterocycles. The maximum Gasteiger partial charge on any atom is 0.243 e. The van der Waals surface area contributed by atoms with Crippen LogP contribution < -0.4 is 21.3 Å². The van der Waals surface area contributed by atoms with Gasteiger partial charge in [0, 0.05) is 53.1 Å². The minimum atomic E-state index is -0.857. The van der Waals surface area contributed by atoms with Crippen LogP contribution in [0.25, 0.3) is 0 Å². The molecule has 3 rings (SSSR count). The number of likely N-dealkylation sites (N-methyl/N-ethyl adjacent to an activating group) is 2. The van der Waals surface area contributed by atoms with Crippen LogP contribution in [0.15, 0.2) is 60.7 Å². The molecule has 2 aromatic rings. The number of ether oxygens (including phenoxy) is 2. The Morgan fingerprint density at radius 2 is 1.35 bits per heavy atom. The zero-order valence-corrected chi connectivity index (χ0v) is 48.4. The van der Waals surface area contributed by atoms with Crippen molar-refractivity contribution in [1.82, 2.24) is 36.0 Å². The van der Waals surface area contributed by atoms with Crippen LogP contribution in [0.3, 0.4) is 0 Å². The van der Waals surface area contributed by atoms with Crippen LogP contribution in [0.5, 0.6) is 0 Å². The number of amides is 6. The average Bonchev–Trinajstić information content (AvgIpc) is 3.86. The van der Waals surface area contributed by atoms with Crippen molar-refractivity contribution in [3.63, 3.8) is 0 Å². The normalized spacial score (nSPS) is 16.7. The van der Waals surface area contributed by atoms with E-state index in [4.69, 9.17) is 9.47 Å². The van der Waals surface area contributed by atoms with Crippen LogP contribution in [-0.2, 0) is 56.0 Å². The third-order valence-electron chi connectivity index (χ3n) is 14.2. The number of carbonyl (C=O) groups is 7. The molecule has 1 saturated heterocycles. The highest BCUT2D eigenvalue weighted by atomic mass is 16.5. The quantitative estimate of drug-likeness (QED) is 0.0612. The van der Waals surface area contributed by atoms with Gasteiger partial charge in [-0.15, -0.1) is 0 Å². The maximum atomic E-state index is 14.4. The molecule has 0 bridgehead atoms. The third-order valence-corrected chi connectivity index (χ3v) is 14.2. The van der Waals surface area contributed by atoms with Gasteiger partial charge in [-0.25, -0.2) is 0 Å². The summed E-state index contributed by atoms with van der Waals surface area (Å²) < 4.78 is 12.1. The van der Waals surface area contributed by atoms with E-state index in [0.717, 1.165) is 11.1 Å². The van der Waals surface area contributed by atoms with Crippen LogP contribution in [-0.4, -0.2) is 146 Å². The number of ketones is 1. The lowest BCUT2D eigenvalue weighted by molar-refractivity contribution is -0.146. The van der Waals surface area contributed by atoms with Gasteiger partial charge in [-0.2, -0.15) is 0 Å². The van der Waals surface area contributed by atoms with Gasteiger partial charge in [0.2, 0.25) is 35.4 Å². The van der Waals surface area contributed by atoms with Gasteiger partial charge in [0.05, 0.1) is 55.3 Å². The molecule has 16 nitrogen and oxygen atoms in total. The Bertz CT molecular complexity index is 2040. The number of Topliss-reactive ketones (excluding diaryl/α,β-unsaturated/α-hetero) is 1. The highest BCUT2D eigenvalue weighted by molar-refractivity contribution is 5.91. The number of likely N-dealkylation sites (tertiary alicyclic amines) is 1. The number of carbonyl (C=O) groups excluding carboxylic acids is 7. The monoisotopic (exact) mass is 1050 g/mol. The van der Waals surface area contributed by atoms with E-state index in [1.165, 1.54) is 20.6 Å². The average molecular weight is 1050 g/mol. The summed E-state index contributed by atoms with van der Waals surface area (Å²) in [6.07, 6.45) is 3.39. The predicted octanol–water partition coefficient (Wildman–Crippen LogP) is 6.98. The van der Waals surface area contributed by atoms with Crippen LogP contribution in [0.2, 0.25) is 0 Å². The fraction of sp³-hybridized carbons (Fsp3) is 0.678. The van der Waals surface area contributed by atoms with E-state index >= 15 is 0 Å². The summed E-state index contributed by atoms with van der Waals surface area (Å²) >= 11 is 0. The molecule has 16 heteroatoms. The fourth-order valence-electron chi connectivity index (χ4n) is 10.0. The van der Waals surface area contributed by atoms with Crippen molar-refractivity contribution in [2.24, 2.45) is 29.6 Å². The van der Waals surface area contributed by atoms with Crippen molar-refractivity contribution in [1.29, 1.82) is 0 Å². The number of nitrogens with zero attached hydrogens (tertiary/aromatic N) is 3. The molecule has 1 aliphatic heterocycles. The van der Waals surface area contributed by atoms with Gasteiger partial charge in [-0.3, -0.25) is 38.5 Å². The first kappa shape index (κ1) is 65.9. The van der Waals surface area contributed by atoms with Gasteiger partial charge < -0.3 is 40.5 Å². The SMILES string of the molecule is CCC.CCC(C)C(C(CC(=O)N1CCCC1C(OC)C(C)C(=O)N[C@@H](Cc1ccccc1)C(=O)NCc1ccccc1)OC)N(C)C(=O)CNC(=O)C(C(C)C)N(C)CCCC(=O)N[C@H](CC(C)C)C(=O)C(C)C. The van der Waals surface area contributed by atoms with Crippen molar-refractivity contribution in [2.75, 3.05) is 47.9 Å². The molecule has 1 fully saturated rings. The second-order valence-electron chi connectivity index (χ2n) is 21.6. The fourth-order valence-corrected chi connectivity index (χ4v) is 10.0. The third kappa shape index (κ3) is 21.8. The second kappa shape index (κ2) is 34.5. The Morgan fingerprint density at radius 1 is 0.747 bits per heavy atom. The Kier molecular flexibility index (Phi) is 30.3. The van der Waals surface area contributed by atoms with E-state index in [0.29, 0.717) is 51.7 Å². The van der Waals surface area contributed by atoms with E-state index in [-0.39, 0.29) is 90.7 Å². The topological polar surface area (TPSA) is 196 Å². The summed E-state index contributed by atoms with van der Waals surface area (Å²) in [7, 11) is 6.56. The van der Waals surface area contributed by atoms with Crippen LogP contribution in [0, 0.1) is 29.6 Å². The zero-order chi connectivity index (χ0) is 56.4. The van der Waals surface area contributed by atoms with Crippen LogP contribution >= 0.6 is 0 Å². The van der Waals surface area contributed by atoms with E-state index in [1.54, 1.807) is 23.8 Å². The van der Waals surface area contributed by atoms with Gasteiger partial charge >= 0.3 is 0 Å². The number of hydrogen-bond acceptors (Lipinski definition) is 10. The molecule has 1 aliphatic rings. The van der Waals surface area contributed by atoms with Gasteiger partial charge in [0.25, 0.3) is 0 Å². The molecule has 0 radical (unpaired) electrons. The summed E-state index contributed by atoms with van der Waals surface area (Å²) in [4.78, 5) is 101. The Balaban J connectivity index is 0.00000626. The molecule has 75 heavy (non-hydrogen) atoms. The van der Waals surface area contributed by atoms with Crippen molar-refractivity contribution in [3.05, 3.63) is 71.8 Å². The molecular formula is C59H97N7O9. The summed E-state index contributed by atoms with van der Waals surface area (Å²) in [5.74, 6) is -2.56. The first-order valence-electron chi connectivity index (χ1n) is 27.6. The highest BCUT2D eigenvalue weighted by Gasteiger charge is 2.43. The maximum absolute atomic E-state index is 14.4. The van der Waals surface area contributed by atoms with Crippen molar-refractivity contribution >= 4 is 41.2 Å². The summed E-state index contributed by atoms with van der Waals surface area (Å²) in [6.45, 7) is 22.5. The standard InChI is InChI=1S/C56H89N7O9.C3H8/c1-14-39(8)51(62(11)49(66)35-58-56(70)50(37(4)5)61(10)29-22-28-47(64)59-43(31-36(2)3)52(67)38(6)7)46(71-12)33-48(65)63-30-21-27-45(63)53(72-13)40(9)54(68)60-44(32-41-23-17-15-18-24-41)55(69)57-34-42-25-19-16-20-26-42;1-3-2/h15-20,23-26,36-40,43-46,50-51,53H,14,21-22,27-35H2,1-13H3,(H,57,69)(H,58,70)(H,59,64)(H,60,68);3H2,1-2H3/t39?,40?,43-,44+,45?,46?,50?,51?,53?;/m1./s1. The Labute approximate surface area is 450 Å². The molecule has 0 spiro atoms. The molecule has 0 aliphatic carbocycles. The van der Waals surface area contributed by atoms with Crippen molar-refractivity contribution < 1.29 is 43.0 Å². The highest BCUT2D eigenvalue weighted by Crippen LogP contribution is 2.29. The predicted molar refractivity (Wildman–Crippen MR) is 297 cm³/mol. The lowest BCUT2D eigenvalue weighted by atomic mass is 9.90. The summed E-state index contributed by atoms with van der Waals surface area (Å²) in [5, 5.41) is 11.8. The van der Waals surface area contributed by atoms with E-state index < -0.39 is 48.3 Å². The number of benzene rings is 2. The second-order valence-corrected chi connectivity index (χ2v) is 21.6. The Hall–Kier alpha value is -5.19. The smallest absolute Gasteiger partial charge is 0.243 e. The summed E-state index contributed by atoms with van der Waals surface area (Å²) in [5.41, 5.74) is 1.83. The summed E-state index contributed by atoms with van der Waals surface area (Å²) in [6, 6.07) is 16.2. The number of methoxy groups -OCH3 is 2. The first-order valence-corrected chi connectivity index (χ1v) is 27.6. The van der Waals surface area contributed by atoms with Gasteiger partial charge in [-0.05, 0) is 68.2 Å². The molecule has 422 valence electrons. The number of rotatable bonds is 31. The van der Waals surface area contributed by atoms with Gasteiger partial charge in [0.1, 0.15) is 6.04 Å². The van der Waals surface area contributed by atoms with E-state index in [2.05, 4.69) is 35.1 Å². The minimum absolute atomic E-state index is 0.0162. The molecule has 7 unspecified atom stereocenters. The number of nitrogens with one attached hydrogen (secondary N) is 4. The first-order chi connectivity index (χ1) is 35.6. The largest absolute Gasteiger partial charge is 0.379 e. The lowest BCUT2D eigenvalue weighted by Gasteiger charge is -2.39. The van der Waals surface area contributed by atoms with E-state index in [9.17, 15) is 33.6 Å². The van der Waals surface area contributed by atoms with Crippen LogP contribution in [0.1, 0.15) is 139 Å². The van der Waals surface area contributed by atoms with Crippen molar-refractivity contribution in [2.45, 2.75) is 183 Å². The van der Waals surface area contributed by atoms with Crippen LogP contribution in [0.4, 0.5) is 0 Å². The molecule has 9 atom stereocenters. The number of hydrogen-bond donors (Lipinski definition) is 4. The molecule has 4 N–H and O–H groups in total. The molecule has 0 saturated carbocycles.